The molecule has 2 aromatic heterocycles. The van der Waals surface area contributed by atoms with Crippen LogP contribution in [0.2, 0.25) is 0 Å². The molecule has 1 amide bonds. The van der Waals surface area contributed by atoms with Gasteiger partial charge in [0.2, 0.25) is 0 Å². The summed E-state index contributed by atoms with van der Waals surface area (Å²) in [6, 6.07) is 25.1. The topological polar surface area (TPSA) is 59.8 Å². The summed E-state index contributed by atoms with van der Waals surface area (Å²) in [5.74, 6) is 0.505. The number of benzene rings is 2. The van der Waals surface area contributed by atoms with E-state index in [2.05, 4.69) is 15.4 Å². The molecule has 28 heavy (non-hydrogen) atoms. The molecule has 5 nitrogen and oxygen atoms in total. The standard InChI is InChI=1S/C22H18N4OS/c27-22(18-9-11-19(12-10-18)28-21-8-4-5-14-23-21)25-20-13-15-24-26(20)16-17-6-2-1-3-7-17/h1-15H,16H2,(H,25,27). The Bertz CT molecular complexity index is 1050. The maximum absolute atomic E-state index is 12.6. The third-order valence-corrected chi connectivity index (χ3v) is 5.07. The number of hydrogen-bond donors (Lipinski definition) is 1. The first-order valence-electron chi connectivity index (χ1n) is 8.84. The first kappa shape index (κ1) is 18.0. The monoisotopic (exact) mass is 386 g/mol. The fourth-order valence-electron chi connectivity index (χ4n) is 2.71. The molecule has 0 atom stereocenters. The van der Waals surface area contributed by atoms with E-state index in [9.17, 15) is 4.79 Å². The molecule has 1 N–H and O–H groups in total. The van der Waals surface area contributed by atoms with Crippen LogP contribution in [0.25, 0.3) is 0 Å². The molecular formula is C22H18N4OS. The number of nitrogens with zero attached hydrogens (tertiary/aromatic N) is 3. The summed E-state index contributed by atoms with van der Waals surface area (Å²) >= 11 is 1.56. The van der Waals surface area contributed by atoms with Crippen molar-refractivity contribution in [2.45, 2.75) is 16.5 Å². The molecule has 0 radical (unpaired) electrons. The Morgan fingerprint density at radius 2 is 1.68 bits per heavy atom. The van der Waals surface area contributed by atoms with E-state index in [1.54, 1.807) is 34.9 Å². The average Bonchev–Trinajstić information content (AvgIpc) is 3.16. The molecule has 0 spiro atoms. The number of aromatic nitrogens is 3. The zero-order valence-electron chi connectivity index (χ0n) is 15.0. The molecule has 2 aromatic carbocycles. The van der Waals surface area contributed by atoms with Gasteiger partial charge in [0, 0.05) is 22.7 Å². The first-order valence-corrected chi connectivity index (χ1v) is 9.65. The van der Waals surface area contributed by atoms with Crippen molar-refractivity contribution in [1.29, 1.82) is 0 Å². The number of hydrogen-bond acceptors (Lipinski definition) is 4. The zero-order valence-corrected chi connectivity index (χ0v) is 15.8. The first-order chi connectivity index (χ1) is 13.8. The second-order valence-electron chi connectivity index (χ2n) is 6.11. The highest BCUT2D eigenvalue weighted by molar-refractivity contribution is 7.99. The van der Waals surface area contributed by atoms with E-state index in [0.29, 0.717) is 17.9 Å². The van der Waals surface area contributed by atoms with Crippen molar-refractivity contribution in [2.75, 3.05) is 5.32 Å². The molecular weight excluding hydrogens is 368 g/mol. The summed E-state index contributed by atoms with van der Waals surface area (Å²) in [5.41, 5.74) is 1.72. The number of amides is 1. The lowest BCUT2D eigenvalue weighted by Gasteiger charge is -2.09. The molecule has 0 saturated carbocycles. The Kier molecular flexibility index (Phi) is 5.49. The quantitative estimate of drug-likeness (QED) is 0.520. The van der Waals surface area contributed by atoms with Gasteiger partial charge in [0.05, 0.1) is 12.7 Å². The highest BCUT2D eigenvalue weighted by Gasteiger charge is 2.10. The van der Waals surface area contributed by atoms with E-state index in [4.69, 9.17) is 0 Å². The molecule has 4 rings (SSSR count). The van der Waals surface area contributed by atoms with Crippen molar-refractivity contribution in [2.24, 2.45) is 0 Å². The van der Waals surface area contributed by atoms with E-state index >= 15 is 0 Å². The maximum atomic E-state index is 12.6. The summed E-state index contributed by atoms with van der Waals surface area (Å²) in [6.07, 6.45) is 3.45. The molecule has 0 fully saturated rings. The van der Waals surface area contributed by atoms with E-state index < -0.39 is 0 Å². The second kappa shape index (κ2) is 8.54. The van der Waals surface area contributed by atoms with Gasteiger partial charge in [0.1, 0.15) is 10.8 Å². The minimum Gasteiger partial charge on any atom is -0.307 e. The number of nitrogens with one attached hydrogen (secondary N) is 1. The Labute approximate surface area is 167 Å². The van der Waals surface area contributed by atoms with E-state index in [-0.39, 0.29) is 5.91 Å². The molecule has 0 aliphatic heterocycles. The van der Waals surface area contributed by atoms with Crippen LogP contribution in [0.1, 0.15) is 15.9 Å². The molecule has 0 bridgehead atoms. The molecule has 0 aliphatic carbocycles. The molecule has 138 valence electrons. The van der Waals surface area contributed by atoms with Crippen LogP contribution in [0.3, 0.4) is 0 Å². The molecule has 6 heteroatoms. The largest absolute Gasteiger partial charge is 0.307 e. The lowest BCUT2D eigenvalue weighted by atomic mass is 10.2. The SMILES string of the molecule is O=C(Nc1ccnn1Cc1ccccc1)c1ccc(Sc2ccccn2)cc1. The Balaban J connectivity index is 1.42. The van der Waals surface area contributed by atoms with E-state index in [1.165, 1.54) is 0 Å². The number of rotatable bonds is 6. The smallest absolute Gasteiger partial charge is 0.256 e. The summed E-state index contributed by atoms with van der Waals surface area (Å²) in [6.45, 7) is 0.600. The van der Waals surface area contributed by atoms with Gasteiger partial charge in [0.25, 0.3) is 5.91 Å². The number of pyridine rings is 1. The van der Waals surface area contributed by atoms with Crippen LogP contribution in [-0.4, -0.2) is 20.7 Å². The van der Waals surface area contributed by atoms with Crippen molar-refractivity contribution in [3.8, 4) is 0 Å². The molecule has 0 aliphatic rings. The molecule has 0 unspecified atom stereocenters. The number of carbonyl (C=O) groups excluding carboxylic acids is 1. The Hall–Kier alpha value is -3.38. The summed E-state index contributed by atoms with van der Waals surface area (Å²) in [7, 11) is 0. The number of anilines is 1. The van der Waals surface area contributed by atoms with Gasteiger partial charge in [-0.15, -0.1) is 0 Å². The predicted molar refractivity (Wildman–Crippen MR) is 111 cm³/mol. The Morgan fingerprint density at radius 3 is 2.43 bits per heavy atom. The van der Waals surface area contributed by atoms with Crippen molar-refractivity contribution in [3.63, 3.8) is 0 Å². The molecule has 2 heterocycles. The van der Waals surface area contributed by atoms with Crippen molar-refractivity contribution in [1.82, 2.24) is 14.8 Å². The highest BCUT2D eigenvalue weighted by Crippen LogP contribution is 2.25. The van der Waals surface area contributed by atoms with E-state index in [0.717, 1.165) is 15.5 Å². The van der Waals surface area contributed by atoms with Crippen LogP contribution in [0.15, 0.2) is 101 Å². The lowest BCUT2D eigenvalue weighted by Crippen LogP contribution is -2.16. The van der Waals surface area contributed by atoms with Gasteiger partial charge in [-0.2, -0.15) is 5.10 Å². The van der Waals surface area contributed by atoms with Crippen LogP contribution < -0.4 is 5.32 Å². The van der Waals surface area contributed by atoms with Crippen LogP contribution in [0.5, 0.6) is 0 Å². The van der Waals surface area contributed by atoms with E-state index in [1.807, 2.05) is 72.8 Å². The van der Waals surface area contributed by atoms with Crippen LogP contribution in [-0.2, 0) is 6.54 Å². The Morgan fingerprint density at radius 1 is 0.893 bits per heavy atom. The molecule has 0 saturated heterocycles. The third-order valence-electron chi connectivity index (χ3n) is 4.11. The average molecular weight is 386 g/mol. The minimum atomic E-state index is -0.163. The minimum absolute atomic E-state index is 0.163. The van der Waals surface area contributed by atoms with Gasteiger partial charge in [-0.3, -0.25) is 4.79 Å². The summed E-state index contributed by atoms with van der Waals surface area (Å²) in [5, 5.41) is 8.17. The van der Waals surface area contributed by atoms with Crippen molar-refractivity contribution in [3.05, 3.63) is 102 Å². The lowest BCUT2D eigenvalue weighted by molar-refractivity contribution is 0.102. The molecule has 4 aromatic rings. The second-order valence-corrected chi connectivity index (χ2v) is 7.20. The zero-order chi connectivity index (χ0) is 19.2. The van der Waals surface area contributed by atoms with Crippen LogP contribution in [0, 0.1) is 0 Å². The maximum Gasteiger partial charge on any atom is 0.256 e. The fraction of sp³-hybridized carbons (Fsp3) is 0.0455. The predicted octanol–water partition coefficient (Wildman–Crippen LogP) is 4.73. The van der Waals surface area contributed by atoms with Gasteiger partial charge in [-0.1, -0.05) is 48.2 Å². The van der Waals surface area contributed by atoms with Gasteiger partial charge in [0.15, 0.2) is 0 Å². The fourth-order valence-corrected chi connectivity index (χ4v) is 3.49. The third kappa shape index (κ3) is 4.47. The van der Waals surface area contributed by atoms with Crippen molar-refractivity contribution < 1.29 is 4.79 Å². The van der Waals surface area contributed by atoms with Gasteiger partial charge < -0.3 is 5.32 Å². The normalized spacial score (nSPS) is 10.6. The number of carbonyl (C=O) groups is 1. The van der Waals surface area contributed by atoms with Gasteiger partial charge >= 0.3 is 0 Å². The van der Waals surface area contributed by atoms with Crippen LogP contribution in [0.4, 0.5) is 5.82 Å². The van der Waals surface area contributed by atoms with Crippen molar-refractivity contribution >= 4 is 23.5 Å². The van der Waals surface area contributed by atoms with Gasteiger partial charge in [-0.05, 0) is 42.0 Å². The highest BCUT2D eigenvalue weighted by atomic mass is 32.2. The van der Waals surface area contributed by atoms with Gasteiger partial charge in [-0.25, -0.2) is 9.67 Å². The van der Waals surface area contributed by atoms with Crippen LogP contribution >= 0.6 is 11.8 Å². The summed E-state index contributed by atoms with van der Waals surface area (Å²) < 4.78 is 1.78. The summed E-state index contributed by atoms with van der Waals surface area (Å²) in [4.78, 5) is 17.9.